The van der Waals surface area contributed by atoms with Crippen molar-refractivity contribution < 1.29 is 19.0 Å². The van der Waals surface area contributed by atoms with Crippen LogP contribution < -0.4 is 25.3 Å². The van der Waals surface area contributed by atoms with Crippen LogP contribution in [-0.4, -0.2) is 74.2 Å². The number of amides is 1. The zero-order valence-electron chi connectivity index (χ0n) is 25.7. The van der Waals surface area contributed by atoms with Crippen molar-refractivity contribution in [2.45, 2.75) is 46.8 Å². The molecule has 0 spiro atoms. The minimum atomic E-state index is -0.727. The minimum absolute atomic E-state index is 0.275. The first-order chi connectivity index (χ1) is 20.4. The summed E-state index contributed by atoms with van der Waals surface area (Å²) in [5.74, 6) is 1.77. The van der Waals surface area contributed by atoms with Gasteiger partial charge in [-0.1, -0.05) is 70.2 Å². The number of carbonyl (C=O) groups excluding carboxylic acids is 1. The van der Waals surface area contributed by atoms with Crippen molar-refractivity contribution in [1.29, 1.82) is 0 Å². The van der Waals surface area contributed by atoms with Crippen LogP contribution in [0, 0.1) is 0 Å². The molecule has 3 aromatic rings. The molecule has 1 amide bonds. The van der Waals surface area contributed by atoms with Crippen LogP contribution in [-0.2, 0) is 17.8 Å². The predicted octanol–water partition coefficient (Wildman–Crippen LogP) is 5.22. The van der Waals surface area contributed by atoms with Gasteiger partial charge in [-0.2, -0.15) is 0 Å². The summed E-state index contributed by atoms with van der Waals surface area (Å²) in [6.07, 6.45) is 0.398. The molecule has 0 aliphatic heterocycles. The molecule has 228 valence electrons. The van der Waals surface area contributed by atoms with Crippen LogP contribution in [0.2, 0.25) is 0 Å². The highest BCUT2D eigenvalue weighted by atomic mass is 16.5. The lowest BCUT2D eigenvalue weighted by molar-refractivity contribution is -0.117. The molecule has 0 saturated heterocycles. The van der Waals surface area contributed by atoms with Gasteiger partial charge in [0.1, 0.15) is 37.1 Å². The average molecular weight is 577 g/mol. The average Bonchev–Trinajstić information content (AvgIpc) is 3.02. The smallest absolute Gasteiger partial charge is 0.241 e. The zero-order chi connectivity index (χ0) is 30.2. The van der Waals surface area contributed by atoms with Crippen LogP contribution in [0.25, 0.3) is 0 Å². The van der Waals surface area contributed by atoms with Crippen LogP contribution in [0.15, 0.2) is 72.8 Å². The Morgan fingerprint density at radius 3 is 1.95 bits per heavy atom. The van der Waals surface area contributed by atoms with Gasteiger partial charge in [0.05, 0.1) is 11.7 Å². The molecule has 8 nitrogen and oxygen atoms in total. The van der Waals surface area contributed by atoms with E-state index in [2.05, 4.69) is 42.8 Å². The number of hydrogen-bond acceptors (Lipinski definition) is 7. The highest BCUT2D eigenvalue weighted by Gasteiger charge is 2.17. The number of benzene rings is 3. The number of nitrogens with two attached hydrogens (primary N) is 1. The molecule has 0 unspecified atom stereocenters. The van der Waals surface area contributed by atoms with Crippen LogP contribution >= 0.6 is 0 Å². The number of nitrogens with zero attached hydrogens (tertiary/aromatic N) is 2. The lowest BCUT2D eigenvalue weighted by Gasteiger charge is -2.21. The van der Waals surface area contributed by atoms with Crippen LogP contribution in [0.1, 0.15) is 38.8 Å². The molecule has 3 aromatic carbocycles. The van der Waals surface area contributed by atoms with Gasteiger partial charge in [-0.15, -0.1) is 0 Å². The molecule has 3 N–H and O–H groups in total. The number of carbonyl (C=O) groups is 1. The highest BCUT2D eigenvalue weighted by molar-refractivity contribution is 5.96. The third-order valence-electron chi connectivity index (χ3n) is 7.31. The maximum Gasteiger partial charge on any atom is 0.241 e. The van der Waals surface area contributed by atoms with Gasteiger partial charge in [0.25, 0.3) is 0 Å². The summed E-state index contributed by atoms with van der Waals surface area (Å²) in [5.41, 5.74) is 8.97. The maximum absolute atomic E-state index is 13.1. The number of rotatable bonds is 19. The Labute approximate surface area is 251 Å². The van der Waals surface area contributed by atoms with Crippen molar-refractivity contribution in [3.63, 3.8) is 0 Å². The van der Waals surface area contributed by atoms with E-state index < -0.39 is 6.04 Å². The highest BCUT2D eigenvalue weighted by Crippen LogP contribution is 2.30. The van der Waals surface area contributed by atoms with E-state index >= 15 is 0 Å². The summed E-state index contributed by atoms with van der Waals surface area (Å²) in [6.45, 7) is 15.6. The zero-order valence-corrected chi connectivity index (χ0v) is 25.7. The summed E-state index contributed by atoms with van der Waals surface area (Å²) >= 11 is 0. The van der Waals surface area contributed by atoms with Crippen molar-refractivity contribution in [2.75, 3.05) is 57.8 Å². The quantitative estimate of drug-likeness (QED) is 0.202. The third kappa shape index (κ3) is 11.0. The molecular weight excluding hydrogens is 528 g/mol. The molecule has 0 aliphatic carbocycles. The van der Waals surface area contributed by atoms with Crippen LogP contribution in [0.3, 0.4) is 0 Å². The van der Waals surface area contributed by atoms with Gasteiger partial charge in [0, 0.05) is 19.2 Å². The Kier molecular flexibility index (Phi) is 14.2. The second kappa shape index (κ2) is 18.1. The van der Waals surface area contributed by atoms with E-state index in [4.69, 9.17) is 19.9 Å². The monoisotopic (exact) mass is 576 g/mol. The Balaban J connectivity index is 1.59. The summed E-state index contributed by atoms with van der Waals surface area (Å²) in [7, 11) is 0. The summed E-state index contributed by atoms with van der Waals surface area (Å²) in [5, 5.41) is 2.98. The number of likely N-dealkylation sites (N-methyl/N-ethyl adjacent to an activating group) is 2. The van der Waals surface area contributed by atoms with Crippen molar-refractivity contribution in [1.82, 2.24) is 9.80 Å². The fourth-order valence-electron chi connectivity index (χ4n) is 4.51. The normalized spacial score (nSPS) is 11.9. The van der Waals surface area contributed by atoms with Gasteiger partial charge < -0.3 is 35.1 Å². The summed E-state index contributed by atoms with van der Waals surface area (Å²) in [6, 6.07) is 22.5. The number of hydrogen-bond donors (Lipinski definition) is 2. The first kappa shape index (κ1) is 32.9. The van der Waals surface area contributed by atoms with Crippen molar-refractivity contribution in [3.05, 3.63) is 83.9 Å². The Morgan fingerprint density at radius 2 is 1.33 bits per heavy atom. The van der Waals surface area contributed by atoms with E-state index in [0.29, 0.717) is 43.4 Å². The van der Waals surface area contributed by atoms with Gasteiger partial charge in [-0.3, -0.25) is 4.79 Å². The van der Waals surface area contributed by atoms with E-state index in [9.17, 15) is 4.79 Å². The van der Waals surface area contributed by atoms with Crippen molar-refractivity contribution >= 4 is 11.6 Å². The first-order valence-corrected chi connectivity index (χ1v) is 15.1. The second-order valence-corrected chi connectivity index (χ2v) is 10.1. The van der Waals surface area contributed by atoms with Gasteiger partial charge in [0.2, 0.25) is 5.91 Å². The van der Waals surface area contributed by atoms with Crippen molar-refractivity contribution in [2.24, 2.45) is 5.73 Å². The molecule has 0 aromatic heterocycles. The fraction of sp³-hybridized carbons (Fsp3) is 0.441. The van der Waals surface area contributed by atoms with Gasteiger partial charge >= 0.3 is 0 Å². The first-order valence-electron chi connectivity index (χ1n) is 15.1. The largest absolute Gasteiger partial charge is 0.492 e. The topological polar surface area (TPSA) is 89.3 Å². The van der Waals surface area contributed by atoms with E-state index in [1.807, 2.05) is 72.8 Å². The summed E-state index contributed by atoms with van der Waals surface area (Å²) in [4.78, 5) is 17.7. The van der Waals surface area contributed by atoms with E-state index in [-0.39, 0.29) is 5.91 Å². The molecule has 0 radical (unpaired) electrons. The van der Waals surface area contributed by atoms with E-state index in [0.717, 1.165) is 56.1 Å². The second-order valence-electron chi connectivity index (χ2n) is 10.1. The predicted molar refractivity (Wildman–Crippen MR) is 171 cm³/mol. The maximum atomic E-state index is 13.1. The molecule has 3 rings (SSSR count). The van der Waals surface area contributed by atoms with Gasteiger partial charge in [-0.25, -0.2) is 0 Å². The number of nitrogens with one attached hydrogen (secondary N) is 1. The fourth-order valence-corrected chi connectivity index (χ4v) is 4.51. The molecule has 0 aliphatic rings. The Hall–Kier alpha value is -3.59. The van der Waals surface area contributed by atoms with Crippen molar-refractivity contribution in [3.8, 4) is 17.2 Å². The molecule has 0 saturated carbocycles. The number of anilines is 1. The molecule has 0 heterocycles. The van der Waals surface area contributed by atoms with Crippen LogP contribution in [0.4, 0.5) is 5.69 Å². The number of ether oxygens (including phenoxy) is 3. The van der Waals surface area contributed by atoms with E-state index in [1.165, 1.54) is 0 Å². The summed E-state index contributed by atoms with van der Waals surface area (Å²) < 4.78 is 18.0. The lowest BCUT2D eigenvalue weighted by atomic mass is 10.1. The Morgan fingerprint density at radius 1 is 0.738 bits per heavy atom. The van der Waals surface area contributed by atoms with Crippen LogP contribution in [0.5, 0.6) is 17.2 Å². The molecular formula is C34H48N4O4. The van der Waals surface area contributed by atoms with E-state index in [1.54, 1.807) is 0 Å². The SMILES string of the molecule is CCN(CC)CCOc1ccc(NC(=O)[C@H](N)Cc2ccc(OCc3ccccc3)cc2)c(OCCN(CC)CC)c1. The molecule has 42 heavy (non-hydrogen) atoms. The lowest BCUT2D eigenvalue weighted by Crippen LogP contribution is -2.37. The standard InChI is InChI=1S/C34H48N4O4/c1-5-37(6-2)20-22-40-30-18-19-32(33(25-30)41-23-21-38(7-3)8-4)36-34(39)31(35)24-27-14-16-29(17-15-27)42-26-28-12-10-9-11-13-28/h9-19,25,31H,5-8,20-24,26,35H2,1-4H3,(H,36,39)/t31-/m1/s1. The Bertz CT molecular complexity index is 1180. The molecule has 1 atom stereocenters. The molecule has 8 heteroatoms. The molecule has 0 fully saturated rings. The van der Waals surface area contributed by atoms with Gasteiger partial charge in [-0.05, 0) is 68.0 Å². The minimum Gasteiger partial charge on any atom is -0.492 e. The van der Waals surface area contributed by atoms with Gasteiger partial charge in [0.15, 0.2) is 0 Å². The third-order valence-corrected chi connectivity index (χ3v) is 7.31. The molecule has 0 bridgehead atoms.